The number of hydrogen-bond donors (Lipinski definition) is 0. The summed E-state index contributed by atoms with van der Waals surface area (Å²) < 4.78 is 44.5. The van der Waals surface area contributed by atoms with Crippen molar-refractivity contribution in [2.24, 2.45) is 0 Å². The molecular formula is C29H20IrN2O-2. The van der Waals surface area contributed by atoms with Crippen LogP contribution in [-0.4, -0.2) is 9.97 Å². The van der Waals surface area contributed by atoms with E-state index in [0.29, 0.717) is 16.7 Å². The molecule has 0 amide bonds. The second-order valence-electron chi connectivity index (χ2n) is 6.96. The Morgan fingerprint density at radius 1 is 0.818 bits per heavy atom. The number of furan rings is 1. The van der Waals surface area contributed by atoms with Gasteiger partial charge >= 0.3 is 0 Å². The molecule has 0 aliphatic rings. The smallest absolute Gasteiger partial charge is 0.120 e. The largest absolute Gasteiger partial charge is 0.501 e. The van der Waals surface area contributed by atoms with Crippen LogP contribution in [0.4, 0.5) is 0 Å². The third kappa shape index (κ3) is 4.93. The molecule has 0 saturated heterocycles. The molecule has 6 rings (SSSR count). The van der Waals surface area contributed by atoms with Gasteiger partial charge in [0.1, 0.15) is 5.58 Å². The molecule has 0 aliphatic heterocycles. The minimum Gasteiger partial charge on any atom is -0.501 e. The first-order chi connectivity index (χ1) is 17.8. The van der Waals surface area contributed by atoms with Gasteiger partial charge in [-0.3, -0.25) is 0 Å². The van der Waals surface area contributed by atoms with Gasteiger partial charge in [0.25, 0.3) is 0 Å². The van der Waals surface area contributed by atoms with E-state index in [1.165, 1.54) is 0 Å². The Labute approximate surface area is 213 Å². The first kappa shape index (κ1) is 17.0. The van der Waals surface area contributed by atoms with Crippen molar-refractivity contribution in [3.63, 3.8) is 0 Å². The van der Waals surface area contributed by atoms with Crippen molar-refractivity contribution in [2.75, 3.05) is 0 Å². The van der Waals surface area contributed by atoms with E-state index in [9.17, 15) is 0 Å². The molecule has 0 atom stereocenters. The van der Waals surface area contributed by atoms with Gasteiger partial charge in [-0.15, -0.1) is 54.1 Å². The SMILES string of the molecule is [2H]c1c(C([2H])([2H])[2H])cnc(-c2[c-]ccc3c2oc2ccccc23)c1[2H].[Ir].[c-]1ccccc1-c1ccccn1. The number of nitrogens with zero attached hydrogens (tertiary/aromatic N) is 2. The maximum atomic E-state index is 8.20. The summed E-state index contributed by atoms with van der Waals surface area (Å²) >= 11 is 0. The Balaban J connectivity index is 0.000000218. The summed E-state index contributed by atoms with van der Waals surface area (Å²) in [6.07, 6.45) is 2.92. The van der Waals surface area contributed by atoms with Gasteiger partial charge in [-0.25, -0.2) is 0 Å². The number of hydrogen-bond acceptors (Lipinski definition) is 3. The van der Waals surface area contributed by atoms with Crippen molar-refractivity contribution in [3.8, 4) is 22.5 Å². The van der Waals surface area contributed by atoms with Crippen LogP contribution in [0.25, 0.3) is 44.5 Å². The Kier molecular flexibility index (Phi) is 5.32. The number of para-hydroxylation sites is 1. The van der Waals surface area contributed by atoms with Crippen molar-refractivity contribution in [2.45, 2.75) is 6.85 Å². The normalized spacial score (nSPS) is 12.9. The molecule has 0 N–H and O–H groups in total. The number of pyridine rings is 2. The quantitative estimate of drug-likeness (QED) is 0.194. The maximum absolute atomic E-state index is 8.20. The third-order valence-electron chi connectivity index (χ3n) is 4.86. The molecule has 0 bridgehead atoms. The van der Waals surface area contributed by atoms with Gasteiger partial charge in [0, 0.05) is 42.0 Å². The van der Waals surface area contributed by atoms with E-state index in [4.69, 9.17) is 11.3 Å². The molecule has 163 valence electrons. The van der Waals surface area contributed by atoms with E-state index in [-0.39, 0.29) is 43.4 Å². The minimum absolute atomic E-state index is 0. The van der Waals surface area contributed by atoms with Crippen LogP contribution >= 0.6 is 0 Å². The fourth-order valence-corrected chi connectivity index (χ4v) is 3.39. The second kappa shape index (κ2) is 10.4. The minimum atomic E-state index is -2.48. The predicted molar refractivity (Wildman–Crippen MR) is 129 cm³/mol. The summed E-state index contributed by atoms with van der Waals surface area (Å²) in [6, 6.07) is 30.4. The molecule has 3 aromatic heterocycles. The van der Waals surface area contributed by atoms with E-state index in [2.05, 4.69) is 22.1 Å². The first-order valence-electron chi connectivity index (χ1n) is 12.5. The number of aromatic nitrogens is 2. The van der Waals surface area contributed by atoms with Crippen molar-refractivity contribution >= 4 is 21.9 Å². The van der Waals surface area contributed by atoms with E-state index in [1.807, 2.05) is 72.8 Å². The third-order valence-corrected chi connectivity index (χ3v) is 4.86. The molecule has 0 saturated carbocycles. The van der Waals surface area contributed by atoms with Crippen LogP contribution in [0, 0.1) is 19.0 Å². The standard InChI is InChI=1S/C18H12NO.C11H8N.Ir/c1-12-9-10-16(19-11-12)15-7-4-6-14-13-5-2-3-8-17(13)20-18(14)15;1-2-6-10(7-3-1)11-8-4-5-9-12-11;/h2-6,8-11H,1H3;1-6,8-9H;/q2*-1;/i1D3,9D,10D;;. The number of fused-ring (bicyclic) bond motifs is 3. The van der Waals surface area contributed by atoms with Crippen LogP contribution in [0.15, 0.2) is 108 Å². The molecule has 0 spiro atoms. The van der Waals surface area contributed by atoms with Crippen LogP contribution in [-0.2, 0) is 20.1 Å². The number of aryl methyl sites for hydroxylation is 1. The topological polar surface area (TPSA) is 38.9 Å². The molecule has 3 heterocycles. The molecule has 3 nitrogen and oxygen atoms in total. The van der Waals surface area contributed by atoms with E-state index in [0.717, 1.165) is 28.2 Å². The summed E-state index contributed by atoms with van der Waals surface area (Å²) in [6.45, 7) is -2.48. The molecule has 3 aromatic carbocycles. The number of rotatable bonds is 2. The van der Waals surface area contributed by atoms with Crippen molar-refractivity contribution in [3.05, 3.63) is 121 Å². The van der Waals surface area contributed by atoms with Crippen molar-refractivity contribution in [1.82, 2.24) is 9.97 Å². The van der Waals surface area contributed by atoms with Gasteiger partial charge in [-0.2, -0.15) is 0 Å². The molecule has 6 aromatic rings. The molecule has 0 aliphatic carbocycles. The van der Waals surface area contributed by atoms with Crippen molar-refractivity contribution in [1.29, 1.82) is 0 Å². The molecule has 0 fully saturated rings. The van der Waals surface area contributed by atoms with Gasteiger partial charge in [0.05, 0.1) is 8.32 Å². The summed E-state index contributed by atoms with van der Waals surface area (Å²) in [7, 11) is 0. The van der Waals surface area contributed by atoms with Crippen LogP contribution in [0.3, 0.4) is 0 Å². The second-order valence-corrected chi connectivity index (χ2v) is 6.96. The first-order valence-corrected chi connectivity index (χ1v) is 10.0. The zero-order chi connectivity index (χ0) is 26.0. The van der Waals surface area contributed by atoms with Crippen LogP contribution in [0.1, 0.15) is 12.4 Å². The molecule has 4 heteroatoms. The summed E-state index contributed by atoms with van der Waals surface area (Å²) in [5, 5.41) is 1.79. The maximum Gasteiger partial charge on any atom is 0.120 e. The average molecular weight is 610 g/mol. The predicted octanol–water partition coefficient (Wildman–Crippen LogP) is 7.30. The average Bonchev–Trinajstić information content (AvgIpc) is 3.30. The molecule has 1 radical (unpaired) electrons. The Hall–Kier alpha value is -3.59. The van der Waals surface area contributed by atoms with Gasteiger partial charge in [-0.1, -0.05) is 53.4 Å². The molecule has 0 unspecified atom stereocenters. The van der Waals surface area contributed by atoms with Crippen LogP contribution in [0.5, 0.6) is 0 Å². The van der Waals surface area contributed by atoms with E-state index < -0.39 is 6.85 Å². The van der Waals surface area contributed by atoms with Crippen LogP contribution in [0.2, 0.25) is 0 Å². The van der Waals surface area contributed by atoms with Gasteiger partial charge in [0.15, 0.2) is 0 Å². The van der Waals surface area contributed by atoms with Crippen LogP contribution < -0.4 is 0 Å². The monoisotopic (exact) mass is 610 g/mol. The van der Waals surface area contributed by atoms with E-state index in [1.54, 1.807) is 12.3 Å². The summed E-state index contributed by atoms with van der Waals surface area (Å²) in [4.78, 5) is 8.36. The fraction of sp³-hybridized carbons (Fsp3) is 0.0345. The Morgan fingerprint density at radius 3 is 2.52 bits per heavy atom. The zero-order valence-electron chi connectivity index (χ0n) is 22.3. The number of benzene rings is 3. The van der Waals surface area contributed by atoms with Gasteiger partial charge < -0.3 is 14.4 Å². The summed E-state index contributed by atoms with van der Waals surface area (Å²) in [5.41, 5.74) is 3.63. The van der Waals surface area contributed by atoms with Gasteiger partial charge in [0.2, 0.25) is 0 Å². The zero-order valence-corrected chi connectivity index (χ0v) is 19.7. The fourth-order valence-electron chi connectivity index (χ4n) is 3.39. The molecular weight excluding hydrogens is 585 g/mol. The van der Waals surface area contributed by atoms with E-state index >= 15 is 0 Å². The summed E-state index contributed by atoms with van der Waals surface area (Å²) in [5.74, 6) is 0. The molecule has 33 heavy (non-hydrogen) atoms. The van der Waals surface area contributed by atoms with Gasteiger partial charge in [-0.05, 0) is 35.9 Å². The van der Waals surface area contributed by atoms with Crippen molar-refractivity contribution < 1.29 is 31.4 Å². The Bertz CT molecular complexity index is 1650. The Morgan fingerprint density at radius 2 is 1.70 bits per heavy atom.